The molecule has 1 aromatic heterocycles. The molecule has 0 aliphatic rings. The summed E-state index contributed by atoms with van der Waals surface area (Å²) < 4.78 is 18.2. The lowest BCUT2D eigenvalue weighted by Crippen LogP contribution is -2.55. The van der Waals surface area contributed by atoms with Crippen molar-refractivity contribution < 1.29 is 38.2 Å². The highest BCUT2D eigenvalue weighted by Gasteiger charge is 2.34. The van der Waals surface area contributed by atoms with E-state index in [2.05, 4.69) is 21.4 Å². The van der Waals surface area contributed by atoms with Crippen molar-refractivity contribution in [3.63, 3.8) is 0 Å². The predicted octanol–water partition coefficient (Wildman–Crippen LogP) is 5.63. The van der Waals surface area contributed by atoms with Gasteiger partial charge in [-0.2, -0.15) is 0 Å². The van der Waals surface area contributed by atoms with Crippen molar-refractivity contribution >= 4 is 45.4 Å². The molecule has 280 valence electrons. The number of carbonyl (C=O) groups is 4. The molecule has 0 radical (unpaired) electrons. The number of nitrogens with one attached hydrogen (secondary N) is 4. The Hall–Kier alpha value is -4.24. The highest BCUT2D eigenvalue weighted by Crippen LogP contribution is 2.28. The standard InChI is InChI=1S/C37H53N5O8S/c1-7-47-34(48-8-2)26(3)42(23-28-25-51-31-20-13-12-18-29(28)31)33(44)30(19-14-15-21-38-36(46)50-37(4,5)6)40-32(43)24-49-41-35(45)39-22-27-16-10-9-11-17-27/h9-13,16-18,20,25-26,30,34H,7-8,14-15,19,21-24H2,1-6H3,(H,38,46)(H,40,43)(H2,39,41,45)/t26-,30-/m0/s1. The number of thiophene rings is 1. The third kappa shape index (κ3) is 14.5. The Morgan fingerprint density at radius 1 is 0.902 bits per heavy atom. The molecule has 0 spiro atoms. The number of hydrogen-bond donors (Lipinski definition) is 4. The number of rotatable bonds is 20. The van der Waals surface area contributed by atoms with Crippen LogP contribution in [0.3, 0.4) is 0 Å². The van der Waals surface area contributed by atoms with Crippen LogP contribution in [0.5, 0.6) is 0 Å². The number of hydrogen-bond acceptors (Lipinski definition) is 9. The second-order valence-corrected chi connectivity index (χ2v) is 13.8. The molecule has 1 heterocycles. The van der Waals surface area contributed by atoms with Crippen molar-refractivity contribution in [1.82, 2.24) is 26.3 Å². The maximum Gasteiger partial charge on any atom is 0.407 e. The lowest BCUT2D eigenvalue weighted by Gasteiger charge is -2.36. The van der Waals surface area contributed by atoms with Crippen molar-refractivity contribution in [2.45, 2.75) is 97.9 Å². The molecule has 3 rings (SSSR count). The highest BCUT2D eigenvalue weighted by atomic mass is 32.1. The van der Waals surface area contributed by atoms with Crippen LogP contribution in [0, 0.1) is 0 Å². The number of fused-ring (bicyclic) bond motifs is 1. The van der Waals surface area contributed by atoms with Crippen LogP contribution in [-0.2, 0) is 41.7 Å². The van der Waals surface area contributed by atoms with Gasteiger partial charge in [-0.1, -0.05) is 48.5 Å². The van der Waals surface area contributed by atoms with E-state index in [0.29, 0.717) is 32.6 Å². The van der Waals surface area contributed by atoms with E-state index in [-0.39, 0.29) is 25.4 Å². The zero-order chi connectivity index (χ0) is 37.2. The van der Waals surface area contributed by atoms with E-state index in [0.717, 1.165) is 21.2 Å². The average Bonchev–Trinajstić information content (AvgIpc) is 3.50. The smallest absolute Gasteiger partial charge is 0.407 e. The summed E-state index contributed by atoms with van der Waals surface area (Å²) in [7, 11) is 0. The maximum atomic E-state index is 14.5. The molecule has 14 heteroatoms. The molecule has 0 unspecified atom stereocenters. The van der Waals surface area contributed by atoms with E-state index in [1.54, 1.807) is 37.0 Å². The van der Waals surface area contributed by atoms with Crippen LogP contribution in [-0.4, -0.2) is 79.2 Å². The summed E-state index contributed by atoms with van der Waals surface area (Å²) >= 11 is 1.59. The molecular weight excluding hydrogens is 675 g/mol. The van der Waals surface area contributed by atoms with Gasteiger partial charge in [-0.05, 0) is 88.8 Å². The maximum absolute atomic E-state index is 14.5. The van der Waals surface area contributed by atoms with Gasteiger partial charge in [0.25, 0.3) is 0 Å². The van der Waals surface area contributed by atoms with Crippen LogP contribution in [0.2, 0.25) is 0 Å². The molecule has 0 bridgehead atoms. The summed E-state index contributed by atoms with van der Waals surface area (Å²) in [5, 5.41) is 11.3. The van der Waals surface area contributed by atoms with Gasteiger partial charge in [0.1, 0.15) is 11.6 Å². The van der Waals surface area contributed by atoms with Gasteiger partial charge >= 0.3 is 12.1 Å². The van der Waals surface area contributed by atoms with Crippen LogP contribution in [0.25, 0.3) is 10.1 Å². The molecule has 2 atom stereocenters. The van der Waals surface area contributed by atoms with E-state index in [9.17, 15) is 19.2 Å². The van der Waals surface area contributed by atoms with Crippen molar-refractivity contribution in [1.29, 1.82) is 0 Å². The summed E-state index contributed by atoms with van der Waals surface area (Å²) in [5.41, 5.74) is 3.45. The largest absolute Gasteiger partial charge is 0.444 e. The number of nitrogens with zero attached hydrogens (tertiary/aromatic N) is 1. The molecule has 51 heavy (non-hydrogen) atoms. The van der Waals surface area contributed by atoms with E-state index in [1.807, 2.05) is 80.7 Å². The fraction of sp³-hybridized carbons (Fsp3) is 0.514. The Bertz CT molecular complexity index is 1520. The van der Waals surface area contributed by atoms with Crippen molar-refractivity contribution in [2.24, 2.45) is 0 Å². The summed E-state index contributed by atoms with van der Waals surface area (Å²) in [4.78, 5) is 58.9. The van der Waals surface area contributed by atoms with Crippen LogP contribution in [0.1, 0.15) is 71.9 Å². The minimum absolute atomic E-state index is 0.257. The summed E-state index contributed by atoms with van der Waals surface area (Å²) in [5.74, 6) is -0.924. The molecule has 0 fully saturated rings. The Kier molecular flexibility index (Phi) is 17.1. The molecule has 3 aromatic rings. The monoisotopic (exact) mass is 727 g/mol. The Balaban J connectivity index is 1.74. The fourth-order valence-electron chi connectivity index (χ4n) is 5.22. The predicted molar refractivity (Wildman–Crippen MR) is 197 cm³/mol. The summed E-state index contributed by atoms with van der Waals surface area (Å²) in [6.45, 7) is 12.1. The Labute approximate surface area is 304 Å². The number of urea groups is 1. The molecule has 0 aliphatic heterocycles. The number of alkyl carbamates (subject to hydrolysis) is 1. The SMILES string of the molecule is CCOC(OCC)[C@H](C)N(Cc1csc2ccccc12)C(=O)[C@H](CCCCNC(=O)OC(C)(C)C)NC(=O)CONC(=O)NCc1ccccc1. The number of amides is 5. The van der Waals surface area contributed by atoms with E-state index in [1.165, 1.54) is 0 Å². The second kappa shape index (κ2) is 21.2. The van der Waals surface area contributed by atoms with Crippen molar-refractivity contribution in [3.8, 4) is 0 Å². The quantitative estimate of drug-likeness (QED) is 0.0663. The van der Waals surface area contributed by atoms with Crippen LogP contribution in [0.4, 0.5) is 9.59 Å². The van der Waals surface area contributed by atoms with Gasteiger partial charge in [0, 0.05) is 37.5 Å². The van der Waals surface area contributed by atoms with Gasteiger partial charge < -0.3 is 35.1 Å². The molecule has 13 nitrogen and oxygen atoms in total. The molecule has 2 aromatic carbocycles. The van der Waals surface area contributed by atoms with Gasteiger partial charge in [0.15, 0.2) is 12.9 Å². The topological polar surface area (TPSA) is 157 Å². The van der Waals surface area contributed by atoms with E-state index < -0.39 is 48.6 Å². The van der Waals surface area contributed by atoms with Crippen LogP contribution in [0.15, 0.2) is 60.0 Å². The molecular formula is C37H53N5O8S. The number of ether oxygens (including phenoxy) is 3. The first-order valence-electron chi connectivity index (χ1n) is 17.4. The van der Waals surface area contributed by atoms with Crippen molar-refractivity contribution in [3.05, 3.63) is 71.1 Å². The molecule has 0 saturated carbocycles. The third-order valence-corrected chi connectivity index (χ3v) is 8.63. The van der Waals surface area contributed by atoms with Gasteiger partial charge in [-0.25, -0.2) is 15.1 Å². The van der Waals surface area contributed by atoms with Crippen LogP contribution < -0.4 is 21.4 Å². The first kappa shape index (κ1) is 41.2. The third-order valence-electron chi connectivity index (χ3n) is 7.62. The Morgan fingerprint density at radius 3 is 2.27 bits per heavy atom. The van der Waals surface area contributed by atoms with Crippen molar-refractivity contribution in [2.75, 3.05) is 26.4 Å². The first-order valence-corrected chi connectivity index (χ1v) is 18.2. The van der Waals surface area contributed by atoms with E-state index in [4.69, 9.17) is 19.0 Å². The van der Waals surface area contributed by atoms with E-state index >= 15 is 0 Å². The molecule has 0 aliphatic carbocycles. The molecule has 4 N–H and O–H groups in total. The summed E-state index contributed by atoms with van der Waals surface area (Å²) in [6.07, 6.45) is 0.0702. The van der Waals surface area contributed by atoms with Crippen LogP contribution >= 0.6 is 11.3 Å². The highest BCUT2D eigenvalue weighted by molar-refractivity contribution is 7.17. The van der Waals surface area contributed by atoms with Gasteiger partial charge in [-0.15, -0.1) is 11.3 Å². The minimum Gasteiger partial charge on any atom is -0.444 e. The van der Waals surface area contributed by atoms with Gasteiger partial charge in [0.05, 0.1) is 6.04 Å². The number of unbranched alkanes of at least 4 members (excludes halogenated alkanes) is 1. The van der Waals surface area contributed by atoms with Gasteiger partial charge in [-0.3, -0.25) is 14.4 Å². The summed E-state index contributed by atoms with van der Waals surface area (Å²) in [6, 6.07) is 15.3. The zero-order valence-electron chi connectivity index (χ0n) is 30.5. The minimum atomic E-state index is -0.953. The molecule has 5 amide bonds. The Morgan fingerprint density at radius 2 is 1.59 bits per heavy atom. The zero-order valence-corrected chi connectivity index (χ0v) is 31.3. The van der Waals surface area contributed by atoms with Gasteiger partial charge in [0.2, 0.25) is 11.8 Å². The first-order chi connectivity index (χ1) is 24.4. The normalized spacial score (nSPS) is 12.6. The lowest BCUT2D eigenvalue weighted by molar-refractivity contribution is -0.180. The lowest BCUT2D eigenvalue weighted by atomic mass is 10.0. The fourth-order valence-corrected chi connectivity index (χ4v) is 6.17. The molecule has 0 saturated heterocycles. The average molecular weight is 728 g/mol. The second-order valence-electron chi connectivity index (χ2n) is 12.8. The number of hydroxylamine groups is 1. The number of carbonyl (C=O) groups excluding carboxylic acids is 4. The number of benzene rings is 2.